The molecule has 1 fully saturated rings. The molecule has 3 N–H and O–H groups in total. The van der Waals surface area contributed by atoms with Crippen LogP contribution in [0.2, 0.25) is 0 Å². The molecule has 0 aromatic heterocycles. The molecule has 1 aliphatic rings. The van der Waals surface area contributed by atoms with Gasteiger partial charge < -0.3 is 20.9 Å². The highest BCUT2D eigenvalue weighted by molar-refractivity contribution is 6.01. The van der Waals surface area contributed by atoms with Crippen LogP contribution in [0.5, 0.6) is 0 Å². The number of anilines is 1. The first-order valence-corrected chi connectivity index (χ1v) is 9.97. The molecule has 2 aromatic rings. The Morgan fingerprint density at radius 2 is 1.53 bits per heavy atom. The maximum Gasteiger partial charge on any atom is 0.321 e. The zero-order valence-corrected chi connectivity index (χ0v) is 16.9. The van der Waals surface area contributed by atoms with Gasteiger partial charge in [0.15, 0.2) is 0 Å². The smallest absolute Gasteiger partial charge is 0.321 e. The van der Waals surface area contributed by atoms with E-state index in [1.807, 2.05) is 60.7 Å². The quantitative estimate of drug-likeness (QED) is 0.667. The molecule has 0 aliphatic carbocycles. The lowest BCUT2D eigenvalue weighted by molar-refractivity contribution is -0.123. The molecule has 30 heavy (non-hydrogen) atoms. The lowest BCUT2D eigenvalue weighted by Gasteiger charge is -2.32. The highest BCUT2D eigenvalue weighted by Gasteiger charge is 2.25. The molecule has 1 aliphatic heterocycles. The largest absolute Gasteiger partial charge is 0.348 e. The number of nitrogens with one attached hydrogen (secondary N) is 3. The highest BCUT2D eigenvalue weighted by Crippen LogP contribution is 2.14. The zero-order chi connectivity index (χ0) is 21.3. The Kier molecular flexibility index (Phi) is 7.21. The van der Waals surface area contributed by atoms with E-state index in [1.165, 1.54) is 6.92 Å². The summed E-state index contributed by atoms with van der Waals surface area (Å²) in [5.41, 5.74) is 1.78. The predicted octanol–water partition coefficient (Wildman–Crippen LogP) is 2.98. The summed E-state index contributed by atoms with van der Waals surface area (Å²) < 4.78 is 0. The second-order valence-corrected chi connectivity index (χ2v) is 7.18. The number of para-hydroxylation sites is 1. The summed E-state index contributed by atoms with van der Waals surface area (Å²) in [6.45, 7) is 2.46. The molecule has 2 aromatic carbocycles. The van der Waals surface area contributed by atoms with Gasteiger partial charge in [0.1, 0.15) is 5.70 Å². The number of carbonyl (C=O) groups is 3. The van der Waals surface area contributed by atoms with Crippen molar-refractivity contribution in [1.82, 2.24) is 15.5 Å². The van der Waals surface area contributed by atoms with Crippen LogP contribution in [0.15, 0.2) is 66.4 Å². The van der Waals surface area contributed by atoms with Crippen molar-refractivity contribution in [3.8, 4) is 0 Å². The Morgan fingerprint density at radius 1 is 0.933 bits per heavy atom. The van der Waals surface area contributed by atoms with Crippen molar-refractivity contribution >= 4 is 29.6 Å². The fourth-order valence-electron chi connectivity index (χ4n) is 3.28. The van der Waals surface area contributed by atoms with Crippen LogP contribution in [0, 0.1) is 0 Å². The van der Waals surface area contributed by atoms with Gasteiger partial charge >= 0.3 is 6.03 Å². The minimum absolute atomic E-state index is 0.0637. The van der Waals surface area contributed by atoms with Gasteiger partial charge in [-0.3, -0.25) is 9.59 Å². The highest BCUT2D eigenvalue weighted by atomic mass is 16.2. The van der Waals surface area contributed by atoms with Crippen LogP contribution in [0.25, 0.3) is 6.08 Å². The number of amides is 4. The number of nitrogens with zero attached hydrogens (tertiary/aromatic N) is 1. The molecule has 1 saturated heterocycles. The maximum absolute atomic E-state index is 12.7. The third kappa shape index (κ3) is 6.20. The number of rotatable bonds is 5. The lowest BCUT2D eigenvalue weighted by atomic mass is 10.0. The summed E-state index contributed by atoms with van der Waals surface area (Å²) in [4.78, 5) is 38.4. The molecule has 3 rings (SSSR count). The number of piperidine rings is 1. The number of carbonyl (C=O) groups excluding carboxylic acids is 3. The van der Waals surface area contributed by atoms with Gasteiger partial charge in [-0.05, 0) is 36.6 Å². The fourth-order valence-corrected chi connectivity index (χ4v) is 3.28. The second-order valence-electron chi connectivity index (χ2n) is 7.18. The van der Waals surface area contributed by atoms with Gasteiger partial charge in [-0.15, -0.1) is 0 Å². The van der Waals surface area contributed by atoms with Gasteiger partial charge in [0.2, 0.25) is 5.91 Å². The molecular weight excluding hydrogens is 380 g/mol. The number of benzene rings is 2. The average Bonchev–Trinajstić information content (AvgIpc) is 2.75. The van der Waals surface area contributed by atoms with Crippen LogP contribution in [-0.4, -0.2) is 41.9 Å². The van der Waals surface area contributed by atoms with Crippen molar-refractivity contribution < 1.29 is 14.4 Å². The normalized spacial score (nSPS) is 14.7. The summed E-state index contributed by atoms with van der Waals surface area (Å²) in [6, 6.07) is 18.4. The molecule has 1 heterocycles. The van der Waals surface area contributed by atoms with Gasteiger partial charge in [-0.25, -0.2) is 4.79 Å². The monoisotopic (exact) mass is 406 g/mol. The lowest BCUT2D eigenvalue weighted by Crippen LogP contribution is -2.48. The van der Waals surface area contributed by atoms with Crippen molar-refractivity contribution in [3.05, 3.63) is 71.9 Å². The molecule has 7 nitrogen and oxygen atoms in total. The van der Waals surface area contributed by atoms with E-state index in [0.717, 1.165) is 11.3 Å². The van der Waals surface area contributed by atoms with Gasteiger partial charge in [-0.1, -0.05) is 48.5 Å². The summed E-state index contributed by atoms with van der Waals surface area (Å²) >= 11 is 0. The van der Waals surface area contributed by atoms with E-state index in [2.05, 4.69) is 16.0 Å². The zero-order valence-electron chi connectivity index (χ0n) is 16.9. The topological polar surface area (TPSA) is 90.5 Å². The van der Waals surface area contributed by atoms with Crippen molar-refractivity contribution in [3.63, 3.8) is 0 Å². The standard InChI is InChI=1S/C23H26N4O3/c1-17(28)24-21(16-18-8-4-2-5-9-18)22(29)25-20-12-14-27(15-13-20)23(30)26-19-10-6-3-7-11-19/h2-11,16,20H,12-15H2,1H3,(H,24,28)(H,25,29)(H,26,30)/b21-16+. The first-order chi connectivity index (χ1) is 14.5. The first kappa shape index (κ1) is 21.1. The van der Waals surface area contributed by atoms with Crippen LogP contribution in [0.3, 0.4) is 0 Å². The fraction of sp³-hybridized carbons (Fsp3) is 0.261. The first-order valence-electron chi connectivity index (χ1n) is 9.97. The summed E-state index contributed by atoms with van der Waals surface area (Å²) in [6.07, 6.45) is 2.94. The van der Waals surface area contributed by atoms with Crippen LogP contribution in [0.1, 0.15) is 25.3 Å². The Balaban J connectivity index is 1.55. The van der Waals surface area contributed by atoms with Gasteiger partial charge in [0.05, 0.1) is 0 Å². The van der Waals surface area contributed by atoms with Crippen LogP contribution >= 0.6 is 0 Å². The Hall–Kier alpha value is -3.61. The molecule has 0 unspecified atom stereocenters. The van der Waals surface area contributed by atoms with Gasteiger partial charge in [0.25, 0.3) is 5.91 Å². The van der Waals surface area contributed by atoms with Gasteiger partial charge in [0, 0.05) is 31.7 Å². The van der Waals surface area contributed by atoms with E-state index in [0.29, 0.717) is 25.9 Å². The molecule has 0 saturated carbocycles. The van der Waals surface area contributed by atoms with E-state index in [9.17, 15) is 14.4 Å². The van der Waals surface area contributed by atoms with Crippen molar-refractivity contribution in [2.75, 3.05) is 18.4 Å². The van der Waals surface area contributed by atoms with E-state index in [1.54, 1.807) is 11.0 Å². The Bertz CT molecular complexity index is 905. The van der Waals surface area contributed by atoms with E-state index in [-0.39, 0.29) is 29.6 Å². The molecule has 0 radical (unpaired) electrons. The van der Waals surface area contributed by atoms with Crippen molar-refractivity contribution in [1.29, 1.82) is 0 Å². The van der Waals surface area contributed by atoms with Gasteiger partial charge in [-0.2, -0.15) is 0 Å². The summed E-state index contributed by atoms with van der Waals surface area (Å²) in [5, 5.41) is 8.46. The van der Waals surface area contributed by atoms with Crippen LogP contribution in [0.4, 0.5) is 10.5 Å². The number of hydrogen-bond acceptors (Lipinski definition) is 3. The van der Waals surface area contributed by atoms with Crippen molar-refractivity contribution in [2.45, 2.75) is 25.8 Å². The van der Waals surface area contributed by atoms with Crippen LogP contribution in [-0.2, 0) is 9.59 Å². The minimum Gasteiger partial charge on any atom is -0.348 e. The van der Waals surface area contributed by atoms with Crippen molar-refractivity contribution in [2.24, 2.45) is 0 Å². The summed E-state index contributed by atoms with van der Waals surface area (Å²) in [5.74, 6) is -0.638. The van der Waals surface area contributed by atoms with E-state index >= 15 is 0 Å². The molecular formula is C23H26N4O3. The van der Waals surface area contributed by atoms with E-state index < -0.39 is 0 Å². The third-order valence-corrected chi connectivity index (χ3v) is 4.81. The molecule has 0 bridgehead atoms. The number of urea groups is 1. The molecule has 0 atom stereocenters. The van der Waals surface area contributed by atoms with E-state index in [4.69, 9.17) is 0 Å². The Labute approximate surface area is 176 Å². The second kappa shape index (κ2) is 10.2. The Morgan fingerprint density at radius 3 is 2.13 bits per heavy atom. The third-order valence-electron chi connectivity index (χ3n) is 4.81. The molecule has 0 spiro atoms. The molecule has 156 valence electrons. The average molecular weight is 406 g/mol. The minimum atomic E-state index is -0.332. The number of likely N-dealkylation sites (tertiary alicyclic amines) is 1. The SMILES string of the molecule is CC(=O)N/C(=C/c1ccccc1)C(=O)NC1CCN(C(=O)Nc2ccccc2)CC1. The molecule has 7 heteroatoms. The molecule has 4 amide bonds. The maximum atomic E-state index is 12.7. The summed E-state index contributed by atoms with van der Waals surface area (Å²) in [7, 11) is 0. The number of hydrogen-bond donors (Lipinski definition) is 3. The van der Waals surface area contributed by atoms with Crippen LogP contribution < -0.4 is 16.0 Å². The predicted molar refractivity (Wildman–Crippen MR) is 116 cm³/mol.